The molecule has 0 amide bonds. The Morgan fingerprint density at radius 1 is 0.391 bits per heavy atom. The van der Waals surface area contributed by atoms with Crippen molar-refractivity contribution in [2.75, 3.05) is 0 Å². The highest BCUT2D eigenvalue weighted by Crippen LogP contribution is 2.47. The van der Waals surface area contributed by atoms with Crippen molar-refractivity contribution in [2.45, 2.75) is 161 Å². The van der Waals surface area contributed by atoms with Crippen LogP contribution in [0, 0.1) is 0 Å². The Morgan fingerprint density at radius 3 is 1.15 bits per heavy atom. The lowest BCUT2D eigenvalue weighted by atomic mass is 9.90. The van der Waals surface area contributed by atoms with Crippen LogP contribution in [0.3, 0.4) is 0 Å². The summed E-state index contributed by atoms with van der Waals surface area (Å²) in [5.74, 6) is 0. The molecular weight excluding hydrogens is 555 g/mol. The highest BCUT2D eigenvalue weighted by Gasteiger charge is 2.24. The minimum atomic E-state index is 0.579. The second-order valence-corrected chi connectivity index (χ2v) is 14.7. The monoisotopic (exact) mass is 615 g/mol. The zero-order valence-corrected chi connectivity index (χ0v) is 29.4. The molecule has 0 saturated carbocycles. The van der Waals surface area contributed by atoms with Crippen LogP contribution in [0.2, 0.25) is 0 Å². The SMILES string of the molecule is CCCCCCCCCCCCC(CCCCCCCCCCCC)n1c2ccc3cccc4c5cccc6ccc1c(c65)c2c34. The summed E-state index contributed by atoms with van der Waals surface area (Å²) in [6.45, 7) is 4.63. The quantitative estimate of drug-likeness (QED) is 0.0384. The maximum atomic E-state index is 2.82. The van der Waals surface area contributed by atoms with Gasteiger partial charge in [0, 0.05) is 16.8 Å². The van der Waals surface area contributed by atoms with Crippen LogP contribution in [-0.2, 0) is 0 Å². The van der Waals surface area contributed by atoms with E-state index in [0.29, 0.717) is 6.04 Å². The first-order valence-electron chi connectivity index (χ1n) is 19.7. The Bertz CT molecular complexity index is 1610. The average Bonchev–Trinajstić information content (AvgIpc) is 3.43. The van der Waals surface area contributed by atoms with Gasteiger partial charge in [-0.05, 0) is 57.3 Å². The fourth-order valence-corrected chi connectivity index (χ4v) is 8.75. The van der Waals surface area contributed by atoms with E-state index in [4.69, 9.17) is 0 Å². The molecule has 0 spiro atoms. The van der Waals surface area contributed by atoms with Gasteiger partial charge in [0.25, 0.3) is 0 Å². The second-order valence-electron chi connectivity index (χ2n) is 14.7. The zero-order chi connectivity index (χ0) is 31.6. The summed E-state index contributed by atoms with van der Waals surface area (Å²) < 4.78 is 2.82. The maximum absolute atomic E-state index is 2.82. The van der Waals surface area contributed by atoms with Gasteiger partial charge in [0.05, 0.1) is 11.0 Å². The molecule has 0 unspecified atom stereocenters. The van der Waals surface area contributed by atoms with Crippen LogP contribution < -0.4 is 0 Å². The topological polar surface area (TPSA) is 4.93 Å². The van der Waals surface area contributed by atoms with Crippen LogP contribution in [0.15, 0.2) is 60.7 Å². The summed E-state index contributed by atoms with van der Waals surface area (Å²) in [4.78, 5) is 0. The number of nitrogens with zero attached hydrogens (tertiary/aromatic N) is 1. The molecule has 5 aromatic carbocycles. The predicted molar refractivity (Wildman–Crippen MR) is 206 cm³/mol. The molecule has 0 aliphatic rings. The summed E-state index contributed by atoms with van der Waals surface area (Å²) >= 11 is 0. The van der Waals surface area contributed by atoms with Crippen molar-refractivity contribution < 1.29 is 0 Å². The molecule has 46 heavy (non-hydrogen) atoms. The Morgan fingerprint density at radius 2 is 0.761 bits per heavy atom. The van der Waals surface area contributed by atoms with E-state index in [9.17, 15) is 0 Å². The van der Waals surface area contributed by atoms with E-state index >= 15 is 0 Å². The molecule has 1 nitrogen and oxygen atoms in total. The third kappa shape index (κ3) is 7.35. The first-order valence-corrected chi connectivity index (χ1v) is 19.7. The summed E-state index contributed by atoms with van der Waals surface area (Å²) in [6, 6.07) is 24.2. The summed E-state index contributed by atoms with van der Waals surface area (Å²) in [5, 5.41) is 11.6. The van der Waals surface area contributed by atoms with Gasteiger partial charge in [-0.15, -0.1) is 0 Å². The van der Waals surface area contributed by atoms with E-state index in [1.54, 1.807) is 0 Å². The molecule has 0 aliphatic heterocycles. The van der Waals surface area contributed by atoms with Crippen molar-refractivity contribution in [3.05, 3.63) is 60.7 Å². The molecule has 6 aromatic rings. The predicted octanol–water partition coefficient (Wildman–Crippen LogP) is 15.3. The minimum absolute atomic E-state index is 0.579. The number of hydrogen-bond acceptors (Lipinski definition) is 0. The fraction of sp³-hybridized carbons (Fsp3) is 0.556. The van der Waals surface area contributed by atoms with Gasteiger partial charge in [-0.3, -0.25) is 0 Å². The van der Waals surface area contributed by atoms with Crippen LogP contribution in [-0.4, -0.2) is 4.57 Å². The summed E-state index contributed by atoms with van der Waals surface area (Å²) in [5.41, 5.74) is 2.95. The van der Waals surface area contributed by atoms with E-state index in [1.807, 2.05) is 0 Å². The third-order valence-electron chi connectivity index (χ3n) is 11.3. The Balaban J connectivity index is 1.20. The van der Waals surface area contributed by atoms with E-state index in [-0.39, 0.29) is 0 Å². The largest absolute Gasteiger partial charge is 0.337 e. The Hall–Kier alpha value is -2.80. The standard InChI is InChI=1S/C45H61N/c1-3-5-7-9-11-13-15-17-19-21-27-37(28-22-20-18-16-14-12-10-8-6-4-2)46-40-33-31-35-25-23-29-38-39-30-24-26-36-32-34-41(46)45(43(36)39)44(40)42(35)38/h23-26,29-34,37H,3-22,27-28H2,1-2H3. The lowest BCUT2D eigenvalue weighted by Crippen LogP contribution is -2.09. The van der Waals surface area contributed by atoms with Crippen LogP contribution in [0.1, 0.15) is 161 Å². The summed E-state index contributed by atoms with van der Waals surface area (Å²) in [6.07, 6.45) is 30.8. The minimum Gasteiger partial charge on any atom is -0.337 e. The molecular formula is C45H61N. The molecule has 1 aromatic heterocycles. The molecule has 0 bridgehead atoms. The second kappa shape index (κ2) is 16.9. The van der Waals surface area contributed by atoms with E-state index in [0.717, 1.165) is 0 Å². The van der Waals surface area contributed by atoms with Gasteiger partial charge >= 0.3 is 0 Å². The van der Waals surface area contributed by atoms with Crippen LogP contribution in [0.25, 0.3) is 54.1 Å². The molecule has 0 aliphatic carbocycles. The van der Waals surface area contributed by atoms with Crippen molar-refractivity contribution in [2.24, 2.45) is 0 Å². The van der Waals surface area contributed by atoms with Gasteiger partial charge in [0.2, 0.25) is 0 Å². The zero-order valence-electron chi connectivity index (χ0n) is 29.4. The van der Waals surface area contributed by atoms with E-state index < -0.39 is 0 Å². The van der Waals surface area contributed by atoms with Crippen LogP contribution in [0.4, 0.5) is 0 Å². The number of benzene rings is 5. The Labute approximate surface area is 279 Å². The molecule has 0 N–H and O–H groups in total. The van der Waals surface area contributed by atoms with Crippen molar-refractivity contribution in [3.63, 3.8) is 0 Å². The van der Waals surface area contributed by atoms with Crippen molar-refractivity contribution in [1.29, 1.82) is 0 Å². The van der Waals surface area contributed by atoms with Gasteiger partial charge in [-0.25, -0.2) is 0 Å². The normalized spacial score (nSPS) is 12.5. The van der Waals surface area contributed by atoms with Gasteiger partial charge in [0.1, 0.15) is 0 Å². The lowest BCUT2D eigenvalue weighted by Gasteiger charge is -2.22. The third-order valence-corrected chi connectivity index (χ3v) is 11.3. The first kappa shape index (κ1) is 33.1. The number of unbranched alkanes of at least 4 members (excludes halogenated alkanes) is 18. The number of fused-ring (bicyclic) bond motifs is 1. The van der Waals surface area contributed by atoms with Crippen molar-refractivity contribution in [3.8, 4) is 0 Å². The van der Waals surface area contributed by atoms with E-state index in [2.05, 4.69) is 79.1 Å². The first-order chi connectivity index (χ1) is 22.8. The van der Waals surface area contributed by atoms with Gasteiger partial charge in [-0.2, -0.15) is 0 Å². The van der Waals surface area contributed by atoms with Crippen molar-refractivity contribution >= 4 is 54.1 Å². The number of aromatic nitrogens is 1. The highest BCUT2D eigenvalue weighted by atomic mass is 15.0. The smallest absolute Gasteiger partial charge is 0.0500 e. The highest BCUT2D eigenvalue weighted by molar-refractivity contribution is 6.40. The molecule has 6 rings (SSSR count). The summed E-state index contributed by atoms with van der Waals surface area (Å²) in [7, 11) is 0. The molecule has 0 atom stereocenters. The maximum Gasteiger partial charge on any atom is 0.0500 e. The van der Waals surface area contributed by atoms with E-state index in [1.165, 1.54) is 195 Å². The number of hydrogen-bond donors (Lipinski definition) is 0. The molecule has 0 saturated heterocycles. The van der Waals surface area contributed by atoms with Crippen LogP contribution in [0.5, 0.6) is 0 Å². The molecule has 0 radical (unpaired) electrons. The van der Waals surface area contributed by atoms with Gasteiger partial charge in [-0.1, -0.05) is 191 Å². The molecule has 246 valence electrons. The average molecular weight is 616 g/mol. The van der Waals surface area contributed by atoms with Gasteiger partial charge < -0.3 is 4.57 Å². The molecule has 0 fully saturated rings. The molecule has 1 heteroatoms. The fourth-order valence-electron chi connectivity index (χ4n) is 8.75. The van der Waals surface area contributed by atoms with Crippen LogP contribution >= 0.6 is 0 Å². The molecule has 1 heterocycles. The Kier molecular flexibility index (Phi) is 12.1. The van der Waals surface area contributed by atoms with Gasteiger partial charge in [0.15, 0.2) is 0 Å². The lowest BCUT2D eigenvalue weighted by molar-refractivity contribution is 0.409. The van der Waals surface area contributed by atoms with Crippen molar-refractivity contribution in [1.82, 2.24) is 4.57 Å². The number of rotatable bonds is 23.